The number of nitrogens with zero attached hydrogens (tertiary/aromatic N) is 3. The van der Waals surface area contributed by atoms with Crippen LogP contribution in [0.4, 0.5) is 8.78 Å². The van der Waals surface area contributed by atoms with E-state index in [0.29, 0.717) is 19.2 Å². The average molecular weight is 466 g/mol. The second-order valence-corrected chi connectivity index (χ2v) is 8.33. The number of carbonyl (C=O) groups is 2. The lowest BCUT2D eigenvalue weighted by atomic mass is 10.0. The van der Waals surface area contributed by atoms with Crippen LogP contribution in [0.15, 0.2) is 23.1 Å². The Kier molecular flexibility index (Phi) is 5.94. The van der Waals surface area contributed by atoms with Crippen molar-refractivity contribution in [1.29, 1.82) is 0 Å². The van der Waals surface area contributed by atoms with Crippen molar-refractivity contribution in [3.8, 4) is 5.75 Å². The number of aryl methyl sites for hydroxylation is 1. The first-order valence-corrected chi connectivity index (χ1v) is 10.9. The number of benzene rings is 1. The van der Waals surface area contributed by atoms with E-state index in [1.165, 1.54) is 10.9 Å². The van der Waals surface area contributed by atoms with E-state index in [-0.39, 0.29) is 40.9 Å². The molecule has 0 spiro atoms. The predicted molar refractivity (Wildman–Crippen MR) is 114 cm³/mol. The zero-order valence-corrected chi connectivity index (χ0v) is 18.2. The maximum Gasteiger partial charge on any atom is 0.278 e. The SMILES string of the molecule is CCN1C(=O)c2c(O)c(=O)c(C(=O)CCc3cc(Cl)c(F)cc3F)cn2N2CCCC[C@@H]12. The Morgan fingerprint density at radius 1 is 1.22 bits per heavy atom. The number of ketones is 1. The zero-order valence-electron chi connectivity index (χ0n) is 17.4. The first-order valence-electron chi connectivity index (χ1n) is 10.5. The van der Waals surface area contributed by atoms with E-state index in [0.717, 1.165) is 25.3 Å². The van der Waals surface area contributed by atoms with Crippen molar-refractivity contribution in [2.45, 2.75) is 45.2 Å². The monoisotopic (exact) mass is 465 g/mol. The van der Waals surface area contributed by atoms with Gasteiger partial charge in [-0.15, -0.1) is 0 Å². The molecule has 1 atom stereocenters. The lowest BCUT2D eigenvalue weighted by molar-refractivity contribution is 0.0534. The number of amides is 1. The normalized spacial score (nSPS) is 17.9. The van der Waals surface area contributed by atoms with E-state index in [1.807, 2.05) is 11.9 Å². The minimum absolute atomic E-state index is 0.0388. The Hall–Kier alpha value is -2.94. The number of piperidine rings is 1. The smallest absolute Gasteiger partial charge is 0.278 e. The number of hydrogen-bond donors (Lipinski definition) is 1. The lowest BCUT2D eigenvalue weighted by Gasteiger charge is -2.48. The first-order chi connectivity index (χ1) is 15.2. The molecule has 1 aromatic heterocycles. The third-order valence-corrected chi connectivity index (χ3v) is 6.35. The Balaban J connectivity index is 1.69. The summed E-state index contributed by atoms with van der Waals surface area (Å²) in [7, 11) is 0. The molecule has 4 rings (SSSR count). The van der Waals surface area contributed by atoms with Gasteiger partial charge in [0.05, 0.1) is 10.6 Å². The third kappa shape index (κ3) is 3.64. The van der Waals surface area contributed by atoms with Gasteiger partial charge in [-0.3, -0.25) is 24.1 Å². The highest BCUT2D eigenvalue weighted by Gasteiger charge is 2.40. The maximum absolute atomic E-state index is 14.0. The number of carbonyl (C=O) groups excluding carboxylic acids is 2. The van der Waals surface area contributed by atoms with Gasteiger partial charge in [-0.05, 0) is 44.2 Å². The molecule has 2 aliphatic heterocycles. The summed E-state index contributed by atoms with van der Waals surface area (Å²) in [6.45, 7) is 2.84. The molecule has 0 bridgehead atoms. The standard InChI is InChI=1S/C22H22ClF2N3O4/c1-2-26-18-5-3-4-8-27(18)28-11-13(20(30)21(31)19(28)22(26)32)17(29)7-6-12-9-14(23)16(25)10-15(12)24/h9-11,18,31H,2-8H2,1H3/t18-/m0/s1. The number of hydrogen-bond acceptors (Lipinski definition) is 5. The van der Waals surface area contributed by atoms with Crippen LogP contribution in [0.3, 0.4) is 0 Å². The van der Waals surface area contributed by atoms with Crippen LogP contribution in [-0.2, 0) is 6.42 Å². The molecule has 0 saturated carbocycles. The minimum Gasteiger partial charge on any atom is -0.502 e. The van der Waals surface area contributed by atoms with Crippen molar-refractivity contribution in [1.82, 2.24) is 9.58 Å². The van der Waals surface area contributed by atoms with Gasteiger partial charge in [-0.25, -0.2) is 8.78 Å². The number of fused-ring (bicyclic) bond motifs is 3. The summed E-state index contributed by atoms with van der Waals surface area (Å²) in [4.78, 5) is 40.2. The summed E-state index contributed by atoms with van der Waals surface area (Å²) in [5.74, 6) is -3.61. The van der Waals surface area contributed by atoms with Crippen molar-refractivity contribution in [3.05, 3.63) is 62.0 Å². The second kappa shape index (κ2) is 8.54. The Morgan fingerprint density at radius 3 is 2.69 bits per heavy atom. The molecule has 1 fully saturated rings. The molecule has 0 aliphatic carbocycles. The summed E-state index contributed by atoms with van der Waals surface area (Å²) in [5.41, 5.74) is -1.36. The van der Waals surface area contributed by atoms with Gasteiger partial charge in [0.2, 0.25) is 5.43 Å². The summed E-state index contributed by atoms with van der Waals surface area (Å²) < 4.78 is 28.8. The molecule has 2 aromatic rings. The molecule has 32 heavy (non-hydrogen) atoms. The molecular formula is C22H22ClF2N3O4. The fourth-order valence-electron chi connectivity index (χ4n) is 4.42. The Labute approximate surface area is 187 Å². The molecular weight excluding hydrogens is 444 g/mol. The first kappa shape index (κ1) is 22.3. The van der Waals surface area contributed by atoms with E-state index >= 15 is 0 Å². The van der Waals surface area contributed by atoms with E-state index < -0.39 is 34.5 Å². The van der Waals surface area contributed by atoms with Crippen molar-refractivity contribution < 1.29 is 23.5 Å². The molecule has 10 heteroatoms. The van der Waals surface area contributed by atoms with Crippen LogP contribution in [0.5, 0.6) is 5.75 Å². The van der Waals surface area contributed by atoms with Gasteiger partial charge in [0, 0.05) is 31.8 Å². The maximum atomic E-state index is 14.0. The summed E-state index contributed by atoms with van der Waals surface area (Å²) in [5, 5.41) is 12.2. The molecule has 7 nitrogen and oxygen atoms in total. The fraction of sp³-hybridized carbons (Fsp3) is 0.409. The number of rotatable bonds is 5. The number of halogens is 3. The van der Waals surface area contributed by atoms with Crippen LogP contribution in [0, 0.1) is 11.6 Å². The highest BCUT2D eigenvalue weighted by atomic mass is 35.5. The fourth-order valence-corrected chi connectivity index (χ4v) is 4.61. The van der Waals surface area contributed by atoms with Crippen LogP contribution in [0.2, 0.25) is 5.02 Å². The van der Waals surface area contributed by atoms with Gasteiger partial charge in [0.1, 0.15) is 17.8 Å². The number of aromatic hydroxyl groups is 1. The second-order valence-electron chi connectivity index (χ2n) is 7.93. The Morgan fingerprint density at radius 2 is 1.97 bits per heavy atom. The average Bonchev–Trinajstić information content (AvgIpc) is 2.77. The molecule has 1 N–H and O–H groups in total. The molecule has 2 aliphatic rings. The van der Waals surface area contributed by atoms with Gasteiger partial charge in [-0.2, -0.15) is 0 Å². The molecule has 170 valence electrons. The van der Waals surface area contributed by atoms with E-state index in [1.54, 1.807) is 4.90 Å². The van der Waals surface area contributed by atoms with Gasteiger partial charge in [0.25, 0.3) is 5.91 Å². The summed E-state index contributed by atoms with van der Waals surface area (Å²) in [6.07, 6.45) is 3.23. The van der Waals surface area contributed by atoms with E-state index in [9.17, 15) is 28.3 Å². The van der Waals surface area contributed by atoms with Crippen molar-refractivity contribution in [3.63, 3.8) is 0 Å². The van der Waals surface area contributed by atoms with Crippen LogP contribution in [0.25, 0.3) is 0 Å². The lowest BCUT2D eigenvalue weighted by Crippen LogP contribution is -2.63. The van der Waals surface area contributed by atoms with Crippen molar-refractivity contribution in [2.75, 3.05) is 18.1 Å². The molecule has 1 aromatic carbocycles. The van der Waals surface area contributed by atoms with Crippen molar-refractivity contribution in [2.24, 2.45) is 0 Å². The van der Waals surface area contributed by atoms with Gasteiger partial charge < -0.3 is 10.0 Å². The highest BCUT2D eigenvalue weighted by molar-refractivity contribution is 6.30. The van der Waals surface area contributed by atoms with Crippen molar-refractivity contribution >= 4 is 23.3 Å². The topological polar surface area (TPSA) is 82.9 Å². The summed E-state index contributed by atoms with van der Waals surface area (Å²) >= 11 is 5.69. The number of Topliss-reactive ketones (excluding diaryl/α,β-unsaturated/α-hetero) is 1. The largest absolute Gasteiger partial charge is 0.502 e. The third-order valence-electron chi connectivity index (χ3n) is 6.06. The van der Waals surface area contributed by atoms with Gasteiger partial charge in [-0.1, -0.05) is 11.6 Å². The summed E-state index contributed by atoms with van der Waals surface area (Å²) in [6, 6.07) is 1.75. The quantitative estimate of drug-likeness (QED) is 0.541. The number of aromatic nitrogens is 1. The van der Waals surface area contributed by atoms with Crippen LogP contribution in [-0.4, -0.2) is 45.6 Å². The molecule has 3 heterocycles. The number of pyridine rings is 1. The van der Waals surface area contributed by atoms with Crippen LogP contribution < -0.4 is 10.4 Å². The molecule has 0 radical (unpaired) electrons. The highest BCUT2D eigenvalue weighted by Crippen LogP contribution is 2.30. The van der Waals surface area contributed by atoms with Gasteiger partial charge >= 0.3 is 0 Å². The molecule has 1 saturated heterocycles. The van der Waals surface area contributed by atoms with E-state index in [2.05, 4.69) is 0 Å². The van der Waals surface area contributed by atoms with Crippen LogP contribution in [0.1, 0.15) is 59.0 Å². The minimum atomic E-state index is -0.946. The van der Waals surface area contributed by atoms with E-state index in [4.69, 9.17) is 11.6 Å². The van der Waals surface area contributed by atoms with Gasteiger partial charge in [0.15, 0.2) is 17.2 Å². The molecule has 0 unspecified atom stereocenters. The molecule has 1 amide bonds. The zero-order chi connectivity index (χ0) is 23.2. The predicted octanol–water partition coefficient (Wildman–Crippen LogP) is 3.22. The van der Waals surface area contributed by atoms with Crippen LogP contribution >= 0.6 is 11.6 Å². The Bertz CT molecular complexity index is 1170.